The van der Waals surface area contributed by atoms with Gasteiger partial charge in [-0.05, 0) is 37.5 Å². The minimum atomic E-state index is -1.00. The molecule has 0 spiro atoms. The fourth-order valence-electron chi connectivity index (χ4n) is 3.18. The maximum Gasteiger partial charge on any atom is 0.410 e. The summed E-state index contributed by atoms with van der Waals surface area (Å²) in [7, 11) is 1.26. The molecule has 1 saturated carbocycles. The Morgan fingerprint density at radius 2 is 1.94 bits per heavy atom. The van der Waals surface area contributed by atoms with E-state index in [1.807, 2.05) is 0 Å². The molecule has 6 nitrogen and oxygen atoms in total. The second-order valence-corrected chi connectivity index (χ2v) is 5.20. The predicted molar refractivity (Wildman–Crippen MR) is 62.0 cm³/mol. The highest BCUT2D eigenvalue weighted by Gasteiger charge is 2.43. The Labute approximate surface area is 106 Å². The number of likely N-dealkylation sites (tertiary alicyclic amines) is 1. The summed E-state index contributed by atoms with van der Waals surface area (Å²) in [6.07, 6.45) is 1.72. The van der Waals surface area contributed by atoms with E-state index in [4.69, 9.17) is 0 Å². The lowest BCUT2D eigenvalue weighted by atomic mass is 9.72. The van der Waals surface area contributed by atoms with Crippen molar-refractivity contribution in [1.82, 2.24) is 4.90 Å². The second kappa shape index (κ2) is 5.14. The van der Waals surface area contributed by atoms with E-state index in [0.29, 0.717) is 19.4 Å². The van der Waals surface area contributed by atoms with Crippen LogP contribution >= 0.6 is 0 Å². The van der Waals surface area contributed by atoms with Gasteiger partial charge in [-0.3, -0.25) is 4.90 Å². The highest BCUT2D eigenvalue weighted by Crippen LogP contribution is 2.38. The molecule has 0 aromatic heterocycles. The zero-order chi connectivity index (χ0) is 13.3. The lowest BCUT2D eigenvalue weighted by Gasteiger charge is -2.44. The largest absolute Gasteiger partial charge is 0.480 e. The van der Waals surface area contributed by atoms with Crippen LogP contribution in [0.4, 0.5) is 4.79 Å². The molecule has 0 aromatic rings. The van der Waals surface area contributed by atoms with Crippen molar-refractivity contribution in [1.29, 1.82) is 0 Å². The number of piperidine rings is 1. The molecule has 2 aliphatic rings. The van der Waals surface area contributed by atoms with Gasteiger partial charge in [0.25, 0.3) is 0 Å². The van der Waals surface area contributed by atoms with Gasteiger partial charge < -0.3 is 14.9 Å². The van der Waals surface area contributed by atoms with Crippen LogP contribution < -0.4 is 0 Å². The molecule has 2 N–H and O–H groups in total. The van der Waals surface area contributed by atoms with Crippen molar-refractivity contribution in [3.05, 3.63) is 0 Å². The van der Waals surface area contributed by atoms with Gasteiger partial charge in [-0.15, -0.1) is 0 Å². The van der Waals surface area contributed by atoms with Gasteiger partial charge >= 0.3 is 12.1 Å². The molecule has 0 radical (unpaired) electrons. The van der Waals surface area contributed by atoms with Crippen LogP contribution in [-0.4, -0.2) is 53.0 Å². The SMILES string of the molecule is COC(=O)N1CC2CCC(O)CC2CC1C(=O)O. The number of methoxy groups -OCH3 is 1. The Balaban J connectivity index is 2.13. The summed E-state index contributed by atoms with van der Waals surface area (Å²) in [5, 5.41) is 18.8. The van der Waals surface area contributed by atoms with Crippen LogP contribution in [0.25, 0.3) is 0 Å². The van der Waals surface area contributed by atoms with Gasteiger partial charge in [0.15, 0.2) is 0 Å². The van der Waals surface area contributed by atoms with E-state index in [0.717, 1.165) is 12.8 Å². The maximum absolute atomic E-state index is 11.6. The number of rotatable bonds is 1. The summed E-state index contributed by atoms with van der Waals surface area (Å²) in [6, 6.07) is -0.830. The first-order valence-corrected chi connectivity index (χ1v) is 6.28. The number of ether oxygens (including phenoxy) is 1. The van der Waals surface area contributed by atoms with Gasteiger partial charge in [0.05, 0.1) is 13.2 Å². The van der Waals surface area contributed by atoms with Crippen LogP contribution in [0.15, 0.2) is 0 Å². The van der Waals surface area contributed by atoms with Crippen molar-refractivity contribution in [2.24, 2.45) is 11.8 Å². The fourth-order valence-corrected chi connectivity index (χ4v) is 3.18. The van der Waals surface area contributed by atoms with Crippen molar-refractivity contribution >= 4 is 12.1 Å². The third-order valence-corrected chi connectivity index (χ3v) is 4.14. The number of hydrogen-bond donors (Lipinski definition) is 2. The van der Waals surface area contributed by atoms with E-state index in [1.165, 1.54) is 12.0 Å². The summed E-state index contributed by atoms with van der Waals surface area (Å²) >= 11 is 0. The van der Waals surface area contributed by atoms with Gasteiger partial charge in [-0.2, -0.15) is 0 Å². The molecular formula is C12H19NO5. The van der Waals surface area contributed by atoms with Crippen molar-refractivity contribution < 1.29 is 24.5 Å². The number of nitrogens with zero attached hydrogens (tertiary/aromatic N) is 1. The number of fused-ring (bicyclic) bond motifs is 1. The first-order chi connectivity index (χ1) is 8.52. The first-order valence-electron chi connectivity index (χ1n) is 6.28. The maximum atomic E-state index is 11.6. The summed E-state index contributed by atoms with van der Waals surface area (Å²) < 4.78 is 4.65. The monoisotopic (exact) mass is 257 g/mol. The lowest BCUT2D eigenvalue weighted by molar-refractivity contribution is -0.146. The van der Waals surface area contributed by atoms with Crippen LogP contribution in [0.1, 0.15) is 25.7 Å². The number of carboxylic acids is 1. The Morgan fingerprint density at radius 3 is 2.56 bits per heavy atom. The van der Waals surface area contributed by atoms with Crippen LogP contribution in [0.5, 0.6) is 0 Å². The number of carbonyl (C=O) groups excluding carboxylic acids is 1. The molecule has 1 amide bonds. The molecule has 2 fully saturated rings. The first kappa shape index (κ1) is 13.1. The van der Waals surface area contributed by atoms with E-state index < -0.39 is 18.1 Å². The molecule has 4 atom stereocenters. The zero-order valence-corrected chi connectivity index (χ0v) is 10.4. The number of hydrogen-bond acceptors (Lipinski definition) is 4. The molecule has 2 rings (SSSR count). The van der Waals surface area contributed by atoms with Gasteiger partial charge in [0.2, 0.25) is 0 Å². The van der Waals surface area contributed by atoms with E-state index in [1.54, 1.807) is 0 Å². The van der Waals surface area contributed by atoms with Crippen LogP contribution in [-0.2, 0) is 9.53 Å². The van der Waals surface area contributed by atoms with Gasteiger partial charge in [0.1, 0.15) is 6.04 Å². The number of amides is 1. The Morgan fingerprint density at radius 1 is 1.22 bits per heavy atom. The van der Waals surface area contributed by atoms with Gasteiger partial charge in [0, 0.05) is 6.54 Å². The van der Waals surface area contributed by atoms with E-state index in [-0.39, 0.29) is 17.9 Å². The van der Waals surface area contributed by atoms with Crippen molar-refractivity contribution in [3.63, 3.8) is 0 Å². The molecular weight excluding hydrogens is 238 g/mol. The second-order valence-electron chi connectivity index (χ2n) is 5.20. The smallest absolute Gasteiger partial charge is 0.410 e. The standard InChI is InChI=1S/C12H19NO5/c1-18-12(17)13-6-7-2-3-9(14)4-8(7)5-10(13)11(15)16/h7-10,14H,2-6H2,1H3,(H,15,16). The highest BCUT2D eigenvalue weighted by atomic mass is 16.5. The molecule has 0 bridgehead atoms. The number of aliphatic hydroxyl groups is 1. The van der Waals surface area contributed by atoms with Gasteiger partial charge in [-0.25, -0.2) is 9.59 Å². The average molecular weight is 257 g/mol. The number of carbonyl (C=O) groups is 2. The Hall–Kier alpha value is -1.30. The number of aliphatic hydroxyl groups excluding tert-OH is 1. The predicted octanol–water partition coefficient (Wildman–Crippen LogP) is 0.689. The van der Waals surface area contributed by atoms with Crippen molar-refractivity contribution in [3.8, 4) is 0 Å². The Bertz CT molecular complexity index is 345. The molecule has 6 heteroatoms. The molecule has 102 valence electrons. The van der Waals surface area contributed by atoms with Crippen LogP contribution in [0.2, 0.25) is 0 Å². The molecule has 1 saturated heterocycles. The summed E-state index contributed by atoms with van der Waals surface area (Å²) in [4.78, 5) is 24.1. The van der Waals surface area contributed by atoms with E-state index in [2.05, 4.69) is 4.74 Å². The average Bonchev–Trinajstić information content (AvgIpc) is 2.36. The highest BCUT2D eigenvalue weighted by molar-refractivity contribution is 5.80. The van der Waals surface area contributed by atoms with Crippen molar-refractivity contribution in [2.45, 2.75) is 37.8 Å². The minimum absolute atomic E-state index is 0.191. The minimum Gasteiger partial charge on any atom is -0.480 e. The number of carboxylic acid groups (broad SMARTS) is 1. The molecule has 1 aliphatic carbocycles. The fraction of sp³-hybridized carbons (Fsp3) is 0.833. The van der Waals surface area contributed by atoms with E-state index in [9.17, 15) is 19.8 Å². The summed E-state index contributed by atoms with van der Waals surface area (Å²) in [5.41, 5.74) is 0. The third kappa shape index (κ3) is 2.43. The summed E-state index contributed by atoms with van der Waals surface area (Å²) in [6.45, 7) is 0.418. The van der Waals surface area contributed by atoms with E-state index >= 15 is 0 Å². The zero-order valence-electron chi connectivity index (χ0n) is 10.4. The van der Waals surface area contributed by atoms with Crippen LogP contribution in [0.3, 0.4) is 0 Å². The van der Waals surface area contributed by atoms with Crippen LogP contribution in [0, 0.1) is 11.8 Å². The Kier molecular flexibility index (Phi) is 3.75. The molecule has 0 aromatic carbocycles. The normalized spacial score (nSPS) is 35.8. The molecule has 4 unspecified atom stereocenters. The lowest BCUT2D eigenvalue weighted by Crippen LogP contribution is -2.54. The summed E-state index contributed by atoms with van der Waals surface area (Å²) in [5.74, 6) is -0.530. The number of aliphatic carboxylic acids is 1. The van der Waals surface area contributed by atoms with Crippen molar-refractivity contribution in [2.75, 3.05) is 13.7 Å². The quantitative estimate of drug-likeness (QED) is 0.721. The van der Waals surface area contributed by atoms with Gasteiger partial charge in [-0.1, -0.05) is 0 Å². The third-order valence-electron chi connectivity index (χ3n) is 4.14. The molecule has 18 heavy (non-hydrogen) atoms. The topological polar surface area (TPSA) is 87.1 Å². The molecule has 1 heterocycles. The molecule has 1 aliphatic heterocycles.